The lowest BCUT2D eigenvalue weighted by atomic mass is 9.91. The second-order valence-electron chi connectivity index (χ2n) is 7.68. The summed E-state index contributed by atoms with van der Waals surface area (Å²) in [4.78, 5) is 24.6. The van der Waals surface area contributed by atoms with Gasteiger partial charge >= 0.3 is 0 Å². The molecule has 2 heterocycles. The summed E-state index contributed by atoms with van der Waals surface area (Å²) in [5.74, 6) is -0.295. The van der Waals surface area contributed by atoms with Crippen LogP contribution < -0.4 is 10.4 Å². The molecule has 6 nitrogen and oxygen atoms in total. The van der Waals surface area contributed by atoms with E-state index in [9.17, 15) is 9.59 Å². The summed E-state index contributed by atoms with van der Waals surface area (Å²) >= 11 is 18.6. The van der Waals surface area contributed by atoms with Crippen LogP contribution in [0.5, 0.6) is 0 Å². The number of nitrogens with zero attached hydrogens (tertiary/aromatic N) is 3. The molecule has 0 saturated carbocycles. The van der Waals surface area contributed by atoms with Gasteiger partial charge in [0.05, 0.1) is 16.8 Å². The van der Waals surface area contributed by atoms with Gasteiger partial charge in [0, 0.05) is 41.9 Å². The Hall–Kier alpha value is -2.12. The maximum Gasteiger partial charge on any atom is 0.282 e. The Bertz CT molecular complexity index is 1030. The molecule has 1 amide bonds. The van der Waals surface area contributed by atoms with E-state index in [4.69, 9.17) is 34.8 Å². The molecule has 2 atom stereocenters. The molecule has 0 aliphatic carbocycles. The SMILES string of the molecule is C[C@@H]1C(C(=O)NN2CCC(=O)CC2)=NN(c2ccc(Cl)cc2Cl)[C@@H]1c1ccc(Cl)cc1. The number of Topliss-reactive ketones (excluding diaryl/α,β-unsaturated/α-hetero) is 1. The van der Waals surface area contributed by atoms with Crippen molar-refractivity contribution in [3.8, 4) is 0 Å². The number of carbonyl (C=O) groups excluding carboxylic acids is 2. The number of hydrogen-bond acceptors (Lipinski definition) is 5. The Morgan fingerprint density at radius 3 is 2.32 bits per heavy atom. The second kappa shape index (κ2) is 9.17. The Morgan fingerprint density at radius 2 is 1.68 bits per heavy atom. The Kier molecular flexibility index (Phi) is 6.53. The third kappa shape index (κ3) is 4.72. The van der Waals surface area contributed by atoms with Gasteiger partial charge in [0.25, 0.3) is 5.91 Å². The number of benzene rings is 2. The van der Waals surface area contributed by atoms with E-state index < -0.39 is 0 Å². The fraction of sp³-hybridized carbons (Fsp3) is 0.318. The van der Waals surface area contributed by atoms with Gasteiger partial charge in [0.1, 0.15) is 11.5 Å². The minimum atomic E-state index is -0.284. The van der Waals surface area contributed by atoms with Crippen molar-refractivity contribution in [3.05, 3.63) is 63.1 Å². The van der Waals surface area contributed by atoms with Crippen molar-refractivity contribution in [3.63, 3.8) is 0 Å². The van der Waals surface area contributed by atoms with Crippen molar-refractivity contribution in [1.29, 1.82) is 0 Å². The van der Waals surface area contributed by atoms with Gasteiger partial charge in [-0.3, -0.25) is 20.0 Å². The van der Waals surface area contributed by atoms with Gasteiger partial charge in [0.15, 0.2) is 0 Å². The summed E-state index contributed by atoms with van der Waals surface area (Å²) < 4.78 is 0. The molecule has 0 spiro atoms. The summed E-state index contributed by atoms with van der Waals surface area (Å²) in [7, 11) is 0. The van der Waals surface area contributed by atoms with Gasteiger partial charge in [-0.15, -0.1) is 0 Å². The van der Waals surface area contributed by atoms with Crippen LogP contribution in [0.1, 0.15) is 31.4 Å². The first-order chi connectivity index (χ1) is 14.8. The molecule has 2 aromatic carbocycles. The summed E-state index contributed by atoms with van der Waals surface area (Å²) in [6.07, 6.45) is 0.866. The van der Waals surface area contributed by atoms with E-state index in [0.29, 0.717) is 52.4 Å². The van der Waals surface area contributed by atoms with E-state index in [2.05, 4.69) is 10.5 Å². The number of anilines is 1. The van der Waals surface area contributed by atoms with Crippen molar-refractivity contribution in [2.45, 2.75) is 25.8 Å². The summed E-state index contributed by atoms with van der Waals surface area (Å²) in [6, 6.07) is 12.4. The van der Waals surface area contributed by atoms with Crippen molar-refractivity contribution in [2.24, 2.45) is 11.0 Å². The van der Waals surface area contributed by atoms with E-state index >= 15 is 0 Å². The van der Waals surface area contributed by atoms with E-state index in [1.54, 1.807) is 28.2 Å². The molecule has 162 valence electrons. The number of hydrazone groups is 1. The monoisotopic (exact) mass is 478 g/mol. The lowest BCUT2D eigenvalue weighted by Gasteiger charge is -2.28. The largest absolute Gasteiger partial charge is 0.300 e. The quantitative estimate of drug-likeness (QED) is 0.678. The Labute approximate surface area is 195 Å². The van der Waals surface area contributed by atoms with Crippen molar-refractivity contribution < 1.29 is 9.59 Å². The standard InChI is InChI=1S/C22H21Cl3N4O2/c1-13-20(22(31)27-28-10-8-17(30)9-11-28)26-29(19-7-6-16(24)12-18(19)25)21(13)14-2-4-15(23)5-3-14/h2-7,12-13,21H,8-11H2,1H3,(H,27,31)/t13-,21+/m1/s1. The number of hydrazine groups is 1. The van der Waals surface area contributed by atoms with Crippen molar-refractivity contribution in [1.82, 2.24) is 10.4 Å². The van der Waals surface area contributed by atoms with Crippen LogP contribution in [0, 0.1) is 5.92 Å². The van der Waals surface area contributed by atoms with E-state index in [-0.39, 0.29) is 23.7 Å². The van der Waals surface area contributed by atoms with Crippen LogP contribution in [0.15, 0.2) is 47.6 Å². The predicted molar refractivity (Wildman–Crippen MR) is 124 cm³/mol. The minimum Gasteiger partial charge on any atom is -0.300 e. The number of nitrogens with one attached hydrogen (secondary N) is 1. The normalized spacial score (nSPS) is 21.9. The van der Waals surface area contributed by atoms with Gasteiger partial charge in [-0.25, -0.2) is 5.01 Å². The molecule has 1 saturated heterocycles. The lowest BCUT2D eigenvalue weighted by molar-refractivity contribution is -0.126. The van der Waals surface area contributed by atoms with Crippen LogP contribution in [0.2, 0.25) is 15.1 Å². The maximum absolute atomic E-state index is 13.1. The molecule has 0 aromatic heterocycles. The molecule has 1 N–H and O–H groups in total. The first kappa shape index (κ1) is 22.1. The van der Waals surface area contributed by atoms with Crippen LogP contribution in [0.4, 0.5) is 5.69 Å². The highest BCUT2D eigenvalue weighted by molar-refractivity contribution is 6.41. The molecular weight excluding hydrogens is 459 g/mol. The maximum atomic E-state index is 13.1. The fourth-order valence-corrected chi connectivity index (χ4v) is 4.53. The van der Waals surface area contributed by atoms with Gasteiger partial charge < -0.3 is 0 Å². The summed E-state index contributed by atoms with van der Waals surface area (Å²) in [6.45, 7) is 2.96. The molecule has 4 rings (SSSR count). The Balaban J connectivity index is 1.66. The fourth-order valence-electron chi connectivity index (χ4n) is 3.91. The number of rotatable bonds is 4. The topological polar surface area (TPSA) is 65.0 Å². The van der Waals surface area contributed by atoms with Gasteiger partial charge in [-0.2, -0.15) is 5.10 Å². The molecule has 2 aromatic rings. The third-order valence-corrected chi connectivity index (χ3v) is 6.36. The summed E-state index contributed by atoms with van der Waals surface area (Å²) in [5.41, 5.74) is 4.90. The highest BCUT2D eigenvalue weighted by atomic mass is 35.5. The number of hydrogen-bond donors (Lipinski definition) is 1. The number of amides is 1. The first-order valence-electron chi connectivity index (χ1n) is 9.99. The van der Waals surface area contributed by atoms with Crippen molar-refractivity contribution in [2.75, 3.05) is 18.1 Å². The zero-order valence-corrected chi connectivity index (χ0v) is 19.1. The zero-order chi connectivity index (χ0) is 22.1. The van der Waals surface area contributed by atoms with Crippen LogP contribution >= 0.6 is 34.8 Å². The van der Waals surface area contributed by atoms with Gasteiger partial charge in [0.2, 0.25) is 0 Å². The molecule has 1 fully saturated rings. The molecular formula is C22H21Cl3N4O2. The smallest absolute Gasteiger partial charge is 0.282 e. The molecule has 9 heteroatoms. The second-order valence-corrected chi connectivity index (χ2v) is 8.96. The zero-order valence-electron chi connectivity index (χ0n) is 16.8. The van der Waals surface area contributed by atoms with E-state index in [1.807, 2.05) is 31.2 Å². The molecule has 0 radical (unpaired) electrons. The minimum absolute atomic E-state index is 0.212. The molecule has 31 heavy (non-hydrogen) atoms. The molecule has 0 bridgehead atoms. The number of halogens is 3. The molecule has 2 aliphatic heterocycles. The summed E-state index contributed by atoms with van der Waals surface area (Å²) in [5, 5.41) is 9.80. The Morgan fingerprint density at radius 1 is 1.03 bits per heavy atom. The predicted octanol–water partition coefficient (Wildman–Crippen LogP) is 4.90. The number of piperidine rings is 1. The highest BCUT2D eigenvalue weighted by Crippen LogP contribution is 2.42. The number of ketones is 1. The highest BCUT2D eigenvalue weighted by Gasteiger charge is 2.40. The van der Waals surface area contributed by atoms with Crippen LogP contribution in [0.25, 0.3) is 0 Å². The van der Waals surface area contributed by atoms with E-state index in [0.717, 1.165) is 5.56 Å². The van der Waals surface area contributed by atoms with Gasteiger partial charge in [-0.05, 0) is 35.9 Å². The average Bonchev–Trinajstić information content (AvgIpc) is 3.07. The number of carbonyl (C=O) groups is 2. The third-order valence-electron chi connectivity index (χ3n) is 5.57. The van der Waals surface area contributed by atoms with Crippen LogP contribution in [-0.2, 0) is 9.59 Å². The van der Waals surface area contributed by atoms with E-state index in [1.165, 1.54) is 0 Å². The lowest BCUT2D eigenvalue weighted by Crippen LogP contribution is -2.49. The van der Waals surface area contributed by atoms with Crippen molar-refractivity contribution >= 4 is 57.9 Å². The average molecular weight is 480 g/mol. The first-order valence-corrected chi connectivity index (χ1v) is 11.1. The molecule has 2 aliphatic rings. The molecule has 0 unspecified atom stereocenters. The van der Waals surface area contributed by atoms with Crippen LogP contribution in [-0.4, -0.2) is 35.5 Å². The van der Waals surface area contributed by atoms with Gasteiger partial charge in [-0.1, -0.05) is 53.9 Å². The van der Waals surface area contributed by atoms with Crippen LogP contribution in [0.3, 0.4) is 0 Å².